The molecule has 0 bridgehead atoms. The van der Waals surface area contributed by atoms with E-state index < -0.39 is 48.8 Å². The molecule has 0 radical (unpaired) electrons. The maximum atomic E-state index is 10.5. The first-order valence-electron chi connectivity index (χ1n) is 28.7. The largest absolute Gasteiger partial charge is 0.374 e. The predicted molar refractivity (Wildman–Crippen MR) is 308 cm³/mol. The fraction of sp³-hybridized carbons (Fsp3) is 0.463. The van der Waals surface area contributed by atoms with Gasteiger partial charge in [-0.2, -0.15) is 0 Å². The molecule has 7 rings (SSSR count). The summed E-state index contributed by atoms with van der Waals surface area (Å²) in [6, 6.07) is 60.4. The number of benzene rings is 6. The molecule has 6 aromatic rings. The van der Waals surface area contributed by atoms with Crippen molar-refractivity contribution in [1.29, 1.82) is 0 Å². The van der Waals surface area contributed by atoms with Gasteiger partial charge in [0.2, 0.25) is 0 Å². The Kier molecular flexibility index (Phi) is 26.8. The molecule has 0 amide bonds. The second kappa shape index (κ2) is 35.0. The monoisotopic (exact) mass is 1040 g/mol. The average molecular weight is 1040 g/mol. The van der Waals surface area contributed by atoms with Crippen LogP contribution in [-0.4, -0.2) is 55.4 Å². The maximum Gasteiger partial charge on any atom is 0.115 e. The van der Waals surface area contributed by atoms with Gasteiger partial charge in [0, 0.05) is 10.8 Å². The van der Waals surface area contributed by atoms with Crippen molar-refractivity contribution >= 4 is 0 Å². The molecule has 9 atom stereocenters. The van der Waals surface area contributed by atoms with Crippen molar-refractivity contribution in [3.63, 3.8) is 0 Å². The fourth-order valence-electron chi connectivity index (χ4n) is 10.5. The van der Waals surface area contributed by atoms with E-state index in [1.807, 2.05) is 109 Å². The molecule has 0 aromatic heterocycles. The third kappa shape index (κ3) is 20.6. The topological polar surface area (TPSA) is 113 Å². The van der Waals surface area contributed by atoms with Gasteiger partial charge in [0.15, 0.2) is 0 Å². The summed E-state index contributed by atoms with van der Waals surface area (Å²) in [6.45, 7) is 6.46. The van der Waals surface area contributed by atoms with Crippen LogP contribution in [0.1, 0.15) is 131 Å². The Balaban J connectivity index is 1.19. The highest BCUT2D eigenvalue weighted by Gasteiger charge is 2.53. The molecule has 1 saturated carbocycles. The van der Waals surface area contributed by atoms with Crippen LogP contribution < -0.4 is 0 Å². The van der Waals surface area contributed by atoms with Crippen LogP contribution in [0.2, 0.25) is 0 Å². The van der Waals surface area contributed by atoms with Gasteiger partial charge < -0.3 is 33.2 Å². The maximum absolute atomic E-state index is 10.5. The van der Waals surface area contributed by atoms with E-state index in [-0.39, 0.29) is 12.5 Å². The van der Waals surface area contributed by atoms with Crippen molar-refractivity contribution in [2.45, 2.75) is 186 Å². The molecule has 0 N–H and O–H groups in total. The van der Waals surface area contributed by atoms with Crippen molar-refractivity contribution in [3.8, 4) is 0 Å². The van der Waals surface area contributed by atoms with E-state index in [0.29, 0.717) is 39.6 Å². The minimum absolute atomic E-state index is 0.0275. The number of rotatable bonds is 37. The highest BCUT2D eigenvalue weighted by Crippen LogP contribution is 2.38. The molecule has 3 unspecified atom stereocenters. The van der Waals surface area contributed by atoms with Crippen LogP contribution in [0.15, 0.2) is 187 Å². The molecule has 77 heavy (non-hydrogen) atoms. The van der Waals surface area contributed by atoms with Gasteiger partial charge in [-0.1, -0.05) is 278 Å². The van der Waals surface area contributed by atoms with Crippen LogP contribution in [0.25, 0.3) is 10.4 Å². The molecule has 6 aromatic carbocycles. The summed E-state index contributed by atoms with van der Waals surface area (Å²) in [7, 11) is 0. The Morgan fingerprint density at radius 2 is 0.701 bits per heavy atom. The lowest BCUT2D eigenvalue weighted by Gasteiger charge is -2.49. The molecule has 1 aliphatic rings. The lowest BCUT2D eigenvalue weighted by atomic mass is 9.78. The number of azide groups is 1. The van der Waals surface area contributed by atoms with Crippen LogP contribution in [0.5, 0.6) is 0 Å². The van der Waals surface area contributed by atoms with Gasteiger partial charge >= 0.3 is 0 Å². The molecular weight excluding hydrogens is 959 g/mol. The Morgan fingerprint density at radius 3 is 1.08 bits per heavy atom. The molecule has 0 spiro atoms. The second-order valence-corrected chi connectivity index (χ2v) is 20.7. The van der Waals surface area contributed by atoms with E-state index in [1.165, 1.54) is 64.2 Å². The Hall–Kier alpha value is -5.65. The molecule has 0 aliphatic heterocycles. The average Bonchev–Trinajstić information content (AvgIpc) is 3.51. The van der Waals surface area contributed by atoms with Gasteiger partial charge in [0.25, 0.3) is 0 Å². The van der Waals surface area contributed by atoms with Gasteiger partial charge in [-0.15, -0.1) is 0 Å². The molecule has 0 heterocycles. The highest BCUT2D eigenvalue weighted by molar-refractivity contribution is 5.19. The molecule has 10 nitrogen and oxygen atoms in total. The third-order valence-corrected chi connectivity index (χ3v) is 14.8. The molecule has 1 fully saturated rings. The first kappa shape index (κ1) is 59.0. The van der Waals surface area contributed by atoms with E-state index in [0.717, 1.165) is 52.6 Å². The highest BCUT2D eigenvalue weighted by atomic mass is 16.6. The molecule has 0 saturated heterocycles. The standard InChI is InChI=1S/C67H85N3O7/c1-3-4-5-6-7-8-9-10-11-12-13-32-45-61(71-46-54-33-20-14-21-34-54)64(73-48-56-37-24-16-25-38-56)60(69-70-68)52-77-63-53(2)62(72-47-55-35-22-15-23-36-55)65(74-49-57-39-26-17-27-40-57)67(76-51-59-43-30-19-31-44-59)66(63)75-50-58-41-28-18-29-42-58/h14-31,33-44,53,60-67H,3-13,32,45-52H2,1-2H3/t53?,60-,61-,62?,63-,64+,65+,66?,67+/m1/s1. The van der Waals surface area contributed by atoms with Crippen LogP contribution in [0, 0.1) is 5.92 Å². The SMILES string of the molecule is CCCCCCCCCCCCCC[C@@H](OCc1ccccc1)[C@@H](OCc1ccccc1)[C@@H](CO[C@@H]1C(C)C(OCc2ccccc2)[C@H](OCc2ccccc2)[C@H](OCc2ccccc2)C1OCc1ccccc1)N=[N+]=[N-]. The third-order valence-electron chi connectivity index (χ3n) is 14.8. The molecule has 10 heteroatoms. The Labute approximate surface area is 460 Å². The minimum atomic E-state index is -0.775. The number of hydrogen-bond donors (Lipinski definition) is 0. The van der Waals surface area contributed by atoms with Crippen molar-refractivity contribution < 1.29 is 33.2 Å². The zero-order valence-corrected chi connectivity index (χ0v) is 45.9. The van der Waals surface area contributed by atoms with E-state index in [4.69, 9.17) is 33.2 Å². The molecule has 410 valence electrons. The predicted octanol–water partition coefficient (Wildman–Crippen LogP) is 16.3. The number of hydrogen-bond acceptors (Lipinski definition) is 8. The van der Waals surface area contributed by atoms with Gasteiger partial charge in [-0.3, -0.25) is 0 Å². The number of ether oxygens (including phenoxy) is 7. The van der Waals surface area contributed by atoms with Crippen LogP contribution >= 0.6 is 0 Å². The number of unbranched alkanes of at least 4 members (excludes halogenated alkanes) is 11. The summed E-state index contributed by atoms with van der Waals surface area (Å²) in [5.74, 6) is -0.293. The van der Waals surface area contributed by atoms with Crippen LogP contribution in [0.4, 0.5) is 0 Å². The Bertz CT molecular complexity index is 2470. The minimum Gasteiger partial charge on any atom is -0.374 e. The normalized spacial score (nSPS) is 19.5. The summed E-state index contributed by atoms with van der Waals surface area (Å²) in [6.07, 6.45) is 11.7. The quantitative estimate of drug-likeness (QED) is 0.0165. The van der Waals surface area contributed by atoms with Gasteiger partial charge in [-0.25, -0.2) is 0 Å². The van der Waals surface area contributed by atoms with E-state index in [9.17, 15) is 5.53 Å². The van der Waals surface area contributed by atoms with Gasteiger partial charge in [0.1, 0.15) is 18.3 Å². The molecular formula is C67H85N3O7. The summed E-state index contributed by atoms with van der Waals surface area (Å²) in [5.41, 5.74) is 16.6. The fourth-order valence-corrected chi connectivity index (χ4v) is 10.5. The zero-order valence-electron chi connectivity index (χ0n) is 45.9. The summed E-state index contributed by atoms with van der Waals surface area (Å²) in [5, 5.41) is 4.54. The number of nitrogens with zero attached hydrogens (tertiary/aromatic N) is 3. The van der Waals surface area contributed by atoms with Crippen molar-refractivity contribution in [1.82, 2.24) is 0 Å². The van der Waals surface area contributed by atoms with Crippen molar-refractivity contribution in [3.05, 3.63) is 226 Å². The lowest BCUT2D eigenvalue weighted by Crippen LogP contribution is -2.64. The van der Waals surface area contributed by atoms with Crippen molar-refractivity contribution in [2.24, 2.45) is 11.0 Å². The van der Waals surface area contributed by atoms with E-state index >= 15 is 0 Å². The van der Waals surface area contributed by atoms with Gasteiger partial charge in [-0.05, 0) is 45.3 Å². The Morgan fingerprint density at radius 1 is 0.390 bits per heavy atom. The summed E-state index contributed by atoms with van der Waals surface area (Å²) in [4.78, 5) is 3.49. The van der Waals surface area contributed by atoms with Crippen molar-refractivity contribution in [2.75, 3.05) is 6.61 Å². The smallest absolute Gasteiger partial charge is 0.115 e. The lowest BCUT2D eigenvalue weighted by molar-refractivity contribution is -0.268. The van der Waals surface area contributed by atoms with Crippen LogP contribution in [0.3, 0.4) is 0 Å². The summed E-state index contributed by atoms with van der Waals surface area (Å²) < 4.78 is 49.6. The molecule has 1 aliphatic carbocycles. The second-order valence-electron chi connectivity index (χ2n) is 20.7. The van der Waals surface area contributed by atoms with E-state index in [2.05, 4.69) is 96.7 Å². The van der Waals surface area contributed by atoms with Gasteiger partial charge in [0.05, 0.1) is 76.7 Å². The van der Waals surface area contributed by atoms with E-state index in [1.54, 1.807) is 0 Å². The first-order valence-corrected chi connectivity index (χ1v) is 28.7. The zero-order chi connectivity index (χ0) is 53.4. The first-order chi connectivity index (χ1) is 38.1. The van der Waals surface area contributed by atoms with Crippen LogP contribution in [-0.2, 0) is 72.8 Å². The summed E-state index contributed by atoms with van der Waals surface area (Å²) >= 11 is 0.